The number of nitrogens with zero attached hydrogens (tertiary/aromatic N) is 1. The van der Waals surface area contributed by atoms with Crippen LogP contribution < -0.4 is 4.90 Å². The van der Waals surface area contributed by atoms with Gasteiger partial charge in [0.05, 0.1) is 5.41 Å². The van der Waals surface area contributed by atoms with Crippen molar-refractivity contribution in [3.8, 4) is 11.1 Å². The molecule has 220 valence electrons. The largest absolute Gasteiger partial charge is 0.310 e. The highest BCUT2D eigenvalue weighted by molar-refractivity contribution is 5.93. The number of allylic oxidation sites excluding steroid dienone is 1. The molecule has 0 spiro atoms. The molecule has 8 rings (SSSR count). The standard InChI is InChI=1S/C45H35N/c1-2-3-17-35-30-33-18-13-14-19-34(33)31-44(35)46(38-24-11-6-12-25-38)39-28-29-41-40-26-15-16-27-42(40)45(43(41)32-39,36-20-7-4-8-21-36)37-22-9-5-10-23-37/h2,4-16,18-32H,1,3,17H2. The lowest BCUT2D eigenvalue weighted by molar-refractivity contribution is 0.768. The van der Waals surface area contributed by atoms with E-state index in [-0.39, 0.29) is 0 Å². The summed E-state index contributed by atoms with van der Waals surface area (Å²) in [6.07, 6.45) is 3.85. The van der Waals surface area contributed by atoms with Crippen molar-refractivity contribution in [1.29, 1.82) is 0 Å². The van der Waals surface area contributed by atoms with Crippen LogP contribution in [0.25, 0.3) is 21.9 Å². The van der Waals surface area contributed by atoms with Gasteiger partial charge in [-0.15, -0.1) is 6.58 Å². The van der Waals surface area contributed by atoms with Gasteiger partial charge >= 0.3 is 0 Å². The Morgan fingerprint density at radius 2 is 1.07 bits per heavy atom. The van der Waals surface area contributed by atoms with Crippen LogP contribution in [0, 0.1) is 0 Å². The second-order valence-electron chi connectivity index (χ2n) is 12.1. The number of aryl methyl sites for hydroxylation is 1. The minimum absolute atomic E-state index is 0.456. The lowest BCUT2D eigenvalue weighted by Crippen LogP contribution is -2.28. The van der Waals surface area contributed by atoms with Crippen LogP contribution in [0.5, 0.6) is 0 Å². The molecule has 0 amide bonds. The number of anilines is 3. The number of fused-ring (bicyclic) bond motifs is 4. The van der Waals surface area contributed by atoms with Crippen molar-refractivity contribution in [2.45, 2.75) is 18.3 Å². The number of hydrogen-bond donors (Lipinski definition) is 0. The van der Waals surface area contributed by atoms with Gasteiger partial charge in [0.25, 0.3) is 0 Å². The first-order valence-corrected chi connectivity index (χ1v) is 16.1. The van der Waals surface area contributed by atoms with Crippen LogP contribution in [-0.4, -0.2) is 0 Å². The first-order chi connectivity index (χ1) is 22.8. The van der Waals surface area contributed by atoms with Gasteiger partial charge < -0.3 is 4.90 Å². The van der Waals surface area contributed by atoms with Gasteiger partial charge in [0.1, 0.15) is 0 Å². The molecule has 0 radical (unpaired) electrons. The Hall–Kier alpha value is -5.66. The average Bonchev–Trinajstić information content (AvgIpc) is 3.42. The zero-order valence-corrected chi connectivity index (χ0v) is 25.8. The Morgan fingerprint density at radius 1 is 0.500 bits per heavy atom. The highest BCUT2D eigenvalue weighted by Crippen LogP contribution is 2.57. The molecular formula is C45H35N. The molecule has 1 aliphatic carbocycles. The summed E-state index contributed by atoms with van der Waals surface area (Å²) < 4.78 is 0. The minimum Gasteiger partial charge on any atom is -0.310 e. The minimum atomic E-state index is -0.456. The van der Waals surface area contributed by atoms with Crippen molar-refractivity contribution in [3.05, 3.63) is 210 Å². The second kappa shape index (κ2) is 11.7. The molecule has 1 heteroatoms. The van der Waals surface area contributed by atoms with E-state index >= 15 is 0 Å². The summed E-state index contributed by atoms with van der Waals surface area (Å²) in [5, 5.41) is 2.49. The van der Waals surface area contributed by atoms with Crippen LogP contribution in [0.4, 0.5) is 17.1 Å². The maximum Gasteiger partial charge on any atom is 0.0714 e. The van der Waals surface area contributed by atoms with Gasteiger partial charge in [-0.3, -0.25) is 0 Å². The number of hydrogen-bond acceptors (Lipinski definition) is 1. The number of para-hydroxylation sites is 1. The van der Waals surface area contributed by atoms with Crippen molar-refractivity contribution in [1.82, 2.24) is 0 Å². The molecule has 0 unspecified atom stereocenters. The first-order valence-electron chi connectivity index (χ1n) is 16.1. The Bertz CT molecular complexity index is 2120. The van der Waals surface area contributed by atoms with E-state index in [9.17, 15) is 0 Å². The van der Waals surface area contributed by atoms with Crippen molar-refractivity contribution < 1.29 is 0 Å². The fourth-order valence-corrected chi connectivity index (χ4v) is 7.52. The number of benzene rings is 7. The molecule has 0 bridgehead atoms. The van der Waals surface area contributed by atoms with Crippen LogP contribution in [0.1, 0.15) is 34.2 Å². The van der Waals surface area contributed by atoms with E-state index in [0.29, 0.717) is 0 Å². The highest BCUT2D eigenvalue weighted by Gasteiger charge is 2.46. The zero-order valence-electron chi connectivity index (χ0n) is 25.8. The van der Waals surface area contributed by atoms with Gasteiger partial charge in [0.15, 0.2) is 0 Å². The Morgan fingerprint density at radius 3 is 1.74 bits per heavy atom. The summed E-state index contributed by atoms with van der Waals surface area (Å²) in [4.78, 5) is 2.45. The van der Waals surface area contributed by atoms with Crippen molar-refractivity contribution >= 4 is 27.8 Å². The van der Waals surface area contributed by atoms with Crippen LogP contribution in [-0.2, 0) is 11.8 Å². The lowest BCUT2D eigenvalue weighted by atomic mass is 9.67. The maximum atomic E-state index is 4.05. The van der Waals surface area contributed by atoms with Crippen LogP contribution in [0.15, 0.2) is 183 Å². The van der Waals surface area contributed by atoms with E-state index in [1.54, 1.807) is 0 Å². The summed E-state index contributed by atoms with van der Waals surface area (Å²) in [7, 11) is 0. The monoisotopic (exact) mass is 589 g/mol. The Balaban J connectivity index is 1.43. The van der Waals surface area contributed by atoms with Gasteiger partial charge in [0, 0.05) is 17.1 Å². The number of rotatable bonds is 8. The molecule has 7 aromatic carbocycles. The molecule has 7 aromatic rings. The van der Waals surface area contributed by atoms with E-state index in [1.807, 2.05) is 6.08 Å². The SMILES string of the molecule is C=CCCc1cc2ccccc2cc1N(c1ccccc1)c1ccc2c(c1)C(c1ccccc1)(c1ccccc1)c1ccccc1-2. The van der Waals surface area contributed by atoms with E-state index in [2.05, 4.69) is 181 Å². The van der Waals surface area contributed by atoms with Crippen LogP contribution in [0.2, 0.25) is 0 Å². The molecular weight excluding hydrogens is 555 g/mol. The van der Waals surface area contributed by atoms with Crippen molar-refractivity contribution in [3.63, 3.8) is 0 Å². The molecule has 0 heterocycles. The van der Waals surface area contributed by atoms with Gasteiger partial charge in [-0.25, -0.2) is 0 Å². The molecule has 1 aliphatic rings. The Labute approximate surface area is 271 Å². The van der Waals surface area contributed by atoms with Gasteiger partial charge in [-0.1, -0.05) is 140 Å². The van der Waals surface area contributed by atoms with Gasteiger partial charge in [-0.05, 0) is 99.0 Å². The zero-order chi connectivity index (χ0) is 30.9. The van der Waals surface area contributed by atoms with Crippen molar-refractivity contribution in [2.75, 3.05) is 4.90 Å². The first kappa shape index (κ1) is 27.9. The molecule has 0 aromatic heterocycles. The topological polar surface area (TPSA) is 3.24 Å². The van der Waals surface area contributed by atoms with Gasteiger partial charge in [0.2, 0.25) is 0 Å². The molecule has 0 fully saturated rings. The molecule has 0 saturated heterocycles. The van der Waals surface area contributed by atoms with E-state index in [0.717, 1.165) is 24.2 Å². The lowest BCUT2D eigenvalue weighted by Gasteiger charge is -2.35. The summed E-state index contributed by atoms with van der Waals surface area (Å²) in [5.74, 6) is 0. The Kier molecular flexibility index (Phi) is 7.08. The van der Waals surface area contributed by atoms with Crippen LogP contribution >= 0.6 is 0 Å². The highest BCUT2D eigenvalue weighted by atomic mass is 15.1. The summed E-state index contributed by atoms with van der Waals surface area (Å²) in [6, 6.07) is 62.3. The third-order valence-electron chi connectivity index (χ3n) is 9.52. The van der Waals surface area contributed by atoms with Crippen LogP contribution in [0.3, 0.4) is 0 Å². The summed E-state index contributed by atoms with van der Waals surface area (Å²) >= 11 is 0. The second-order valence-corrected chi connectivity index (χ2v) is 12.1. The normalized spacial score (nSPS) is 12.8. The maximum absolute atomic E-state index is 4.05. The van der Waals surface area contributed by atoms with Gasteiger partial charge in [-0.2, -0.15) is 0 Å². The fourth-order valence-electron chi connectivity index (χ4n) is 7.52. The molecule has 0 N–H and O–H groups in total. The summed E-state index contributed by atoms with van der Waals surface area (Å²) in [6.45, 7) is 4.05. The summed E-state index contributed by atoms with van der Waals surface area (Å²) in [5.41, 5.74) is 12.1. The van der Waals surface area contributed by atoms with Crippen molar-refractivity contribution in [2.24, 2.45) is 0 Å². The smallest absolute Gasteiger partial charge is 0.0714 e. The molecule has 0 aliphatic heterocycles. The van der Waals surface area contributed by atoms with E-state index in [4.69, 9.17) is 0 Å². The van der Waals surface area contributed by atoms with E-state index < -0.39 is 5.41 Å². The molecule has 0 atom stereocenters. The predicted molar refractivity (Wildman–Crippen MR) is 194 cm³/mol. The third-order valence-corrected chi connectivity index (χ3v) is 9.52. The quantitative estimate of drug-likeness (QED) is 0.159. The predicted octanol–water partition coefficient (Wildman–Crippen LogP) is 11.8. The average molecular weight is 590 g/mol. The molecule has 46 heavy (non-hydrogen) atoms. The third kappa shape index (κ3) is 4.47. The fraction of sp³-hybridized carbons (Fsp3) is 0.0667. The van der Waals surface area contributed by atoms with E-state index in [1.165, 1.54) is 55.4 Å². The molecule has 1 nitrogen and oxygen atoms in total. The molecule has 0 saturated carbocycles.